The van der Waals surface area contributed by atoms with Crippen molar-refractivity contribution in [3.05, 3.63) is 65.7 Å². The van der Waals surface area contributed by atoms with Gasteiger partial charge in [-0.2, -0.15) is 0 Å². The lowest BCUT2D eigenvalue weighted by molar-refractivity contribution is 0.405. The molecule has 0 saturated heterocycles. The van der Waals surface area contributed by atoms with E-state index in [1.807, 2.05) is 18.2 Å². The molecular formula is C22H19ClN4O4S. The van der Waals surface area contributed by atoms with Gasteiger partial charge in [0.15, 0.2) is 5.82 Å². The first kappa shape index (κ1) is 21.8. The van der Waals surface area contributed by atoms with Gasteiger partial charge in [0.1, 0.15) is 17.2 Å². The number of anilines is 2. The van der Waals surface area contributed by atoms with Crippen LogP contribution in [0.3, 0.4) is 0 Å². The molecule has 0 spiro atoms. The molecule has 164 valence electrons. The molecule has 0 bridgehead atoms. The molecule has 0 aliphatic rings. The van der Waals surface area contributed by atoms with Crippen molar-refractivity contribution < 1.29 is 17.9 Å². The normalized spacial score (nSPS) is 11.4. The maximum atomic E-state index is 12.2. The molecular weight excluding hydrogens is 452 g/mol. The van der Waals surface area contributed by atoms with E-state index in [0.29, 0.717) is 50.3 Å². The smallest absolute Gasteiger partial charge is 0.238 e. The van der Waals surface area contributed by atoms with Crippen molar-refractivity contribution in [3.8, 4) is 22.8 Å². The standard InChI is InChI=1S/C22H19ClN4O4S/c1-30-18-12-17(19(31-2)11-14(18)23)27-22-21(25-15-8-4-5-9-16(15)26-22)13-7-3-6-10-20(13)32(24,28)29/h3-12H,1-2H3,(H,26,27)(H2,24,28,29). The maximum Gasteiger partial charge on any atom is 0.238 e. The molecule has 3 N–H and O–H groups in total. The summed E-state index contributed by atoms with van der Waals surface area (Å²) in [6.07, 6.45) is 0. The first-order valence-electron chi connectivity index (χ1n) is 9.39. The number of nitrogens with zero attached hydrogens (tertiary/aromatic N) is 2. The number of hydrogen-bond donors (Lipinski definition) is 2. The predicted octanol–water partition coefficient (Wildman–Crippen LogP) is 4.36. The summed E-state index contributed by atoms with van der Waals surface area (Å²) in [4.78, 5) is 9.31. The predicted molar refractivity (Wildman–Crippen MR) is 124 cm³/mol. The third-order valence-corrected chi connectivity index (χ3v) is 6.01. The number of sulfonamides is 1. The van der Waals surface area contributed by atoms with Crippen molar-refractivity contribution in [3.63, 3.8) is 0 Å². The summed E-state index contributed by atoms with van der Waals surface area (Å²) in [5.74, 6) is 1.18. The average Bonchev–Trinajstić information content (AvgIpc) is 2.78. The van der Waals surface area contributed by atoms with Crippen molar-refractivity contribution in [2.75, 3.05) is 19.5 Å². The van der Waals surface area contributed by atoms with Crippen molar-refractivity contribution in [2.24, 2.45) is 5.14 Å². The lowest BCUT2D eigenvalue weighted by Gasteiger charge is -2.17. The topological polar surface area (TPSA) is 116 Å². The Labute approximate surface area is 190 Å². The van der Waals surface area contributed by atoms with Gasteiger partial charge in [-0.1, -0.05) is 41.9 Å². The number of primary sulfonamides is 1. The van der Waals surface area contributed by atoms with Gasteiger partial charge >= 0.3 is 0 Å². The number of nitrogens with two attached hydrogens (primary N) is 1. The number of para-hydroxylation sites is 2. The molecule has 32 heavy (non-hydrogen) atoms. The molecule has 0 amide bonds. The van der Waals surface area contributed by atoms with Crippen LogP contribution in [0.5, 0.6) is 11.5 Å². The molecule has 10 heteroatoms. The second-order valence-corrected chi connectivity index (χ2v) is 8.70. The number of rotatable bonds is 6. The fourth-order valence-corrected chi connectivity index (χ4v) is 4.24. The second-order valence-electron chi connectivity index (χ2n) is 6.76. The van der Waals surface area contributed by atoms with E-state index in [-0.39, 0.29) is 4.90 Å². The summed E-state index contributed by atoms with van der Waals surface area (Å²) in [5.41, 5.74) is 2.34. The summed E-state index contributed by atoms with van der Waals surface area (Å²) >= 11 is 6.22. The fourth-order valence-electron chi connectivity index (χ4n) is 3.27. The minimum Gasteiger partial charge on any atom is -0.495 e. The first-order valence-corrected chi connectivity index (χ1v) is 11.3. The summed E-state index contributed by atoms with van der Waals surface area (Å²) in [7, 11) is -1.00. The highest BCUT2D eigenvalue weighted by Crippen LogP contribution is 2.39. The second kappa shape index (κ2) is 8.62. The maximum absolute atomic E-state index is 12.2. The lowest BCUT2D eigenvalue weighted by atomic mass is 10.1. The minimum atomic E-state index is -4.01. The van der Waals surface area contributed by atoms with E-state index in [1.54, 1.807) is 36.4 Å². The van der Waals surface area contributed by atoms with E-state index in [0.717, 1.165) is 0 Å². The van der Waals surface area contributed by atoms with Crippen LogP contribution in [-0.2, 0) is 10.0 Å². The highest BCUT2D eigenvalue weighted by molar-refractivity contribution is 7.89. The largest absolute Gasteiger partial charge is 0.495 e. The quantitative estimate of drug-likeness (QED) is 0.430. The van der Waals surface area contributed by atoms with E-state index < -0.39 is 10.0 Å². The number of ether oxygens (including phenoxy) is 2. The van der Waals surface area contributed by atoms with Crippen LogP contribution in [-0.4, -0.2) is 32.6 Å². The van der Waals surface area contributed by atoms with Crippen LogP contribution >= 0.6 is 11.6 Å². The van der Waals surface area contributed by atoms with E-state index in [2.05, 4.69) is 15.3 Å². The summed E-state index contributed by atoms with van der Waals surface area (Å²) in [5, 5.41) is 9.03. The molecule has 4 aromatic rings. The van der Waals surface area contributed by atoms with Crippen molar-refractivity contribution in [1.29, 1.82) is 0 Å². The van der Waals surface area contributed by atoms with Crippen LogP contribution in [0, 0.1) is 0 Å². The van der Waals surface area contributed by atoms with E-state index in [1.165, 1.54) is 20.3 Å². The van der Waals surface area contributed by atoms with Crippen LogP contribution in [0.1, 0.15) is 0 Å². The van der Waals surface area contributed by atoms with Crippen LogP contribution in [0.4, 0.5) is 11.5 Å². The molecule has 8 nitrogen and oxygen atoms in total. The number of halogens is 1. The Kier molecular flexibility index (Phi) is 5.88. The van der Waals surface area contributed by atoms with Gasteiger partial charge in [-0.25, -0.2) is 23.5 Å². The molecule has 1 heterocycles. The number of benzene rings is 3. The molecule has 0 saturated carbocycles. The SMILES string of the molecule is COc1cc(Nc2nc3ccccc3nc2-c2ccccc2S(N)(=O)=O)c(OC)cc1Cl. The van der Waals surface area contributed by atoms with Gasteiger partial charge in [0.05, 0.1) is 40.9 Å². The van der Waals surface area contributed by atoms with Gasteiger partial charge in [0, 0.05) is 17.7 Å². The number of nitrogens with one attached hydrogen (secondary N) is 1. The zero-order valence-electron chi connectivity index (χ0n) is 17.2. The molecule has 0 unspecified atom stereocenters. The highest BCUT2D eigenvalue weighted by Gasteiger charge is 2.21. The molecule has 0 atom stereocenters. The van der Waals surface area contributed by atoms with Crippen molar-refractivity contribution in [2.45, 2.75) is 4.90 Å². The third kappa shape index (κ3) is 4.18. The number of hydrogen-bond acceptors (Lipinski definition) is 7. The molecule has 0 aliphatic carbocycles. The average molecular weight is 471 g/mol. The monoisotopic (exact) mass is 470 g/mol. The Morgan fingerprint density at radius 2 is 1.53 bits per heavy atom. The summed E-state index contributed by atoms with van der Waals surface area (Å²) < 4.78 is 35.2. The minimum absolute atomic E-state index is 0.0618. The Morgan fingerprint density at radius 1 is 0.906 bits per heavy atom. The van der Waals surface area contributed by atoms with Gasteiger partial charge in [0.2, 0.25) is 10.0 Å². The zero-order chi connectivity index (χ0) is 22.9. The third-order valence-electron chi connectivity index (χ3n) is 4.75. The van der Waals surface area contributed by atoms with E-state index in [4.69, 9.17) is 26.2 Å². The summed E-state index contributed by atoms with van der Waals surface area (Å²) in [6.45, 7) is 0. The van der Waals surface area contributed by atoms with E-state index in [9.17, 15) is 8.42 Å². The first-order chi connectivity index (χ1) is 15.3. The van der Waals surface area contributed by atoms with Gasteiger partial charge in [-0.05, 0) is 18.2 Å². The van der Waals surface area contributed by atoms with Gasteiger partial charge in [-0.15, -0.1) is 0 Å². The highest BCUT2D eigenvalue weighted by atomic mass is 35.5. The molecule has 4 rings (SSSR count). The zero-order valence-corrected chi connectivity index (χ0v) is 18.7. The van der Waals surface area contributed by atoms with Gasteiger partial charge < -0.3 is 14.8 Å². The molecule has 0 radical (unpaired) electrons. The Bertz CT molecular complexity index is 1430. The Morgan fingerprint density at radius 3 is 2.19 bits per heavy atom. The van der Waals surface area contributed by atoms with Crippen LogP contribution < -0.4 is 19.9 Å². The van der Waals surface area contributed by atoms with Crippen LogP contribution in [0.2, 0.25) is 5.02 Å². The number of methoxy groups -OCH3 is 2. The van der Waals surface area contributed by atoms with Crippen LogP contribution in [0.15, 0.2) is 65.6 Å². The van der Waals surface area contributed by atoms with Gasteiger partial charge in [-0.3, -0.25) is 0 Å². The van der Waals surface area contributed by atoms with Crippen LogP contribution in [0.25, 0.3) is 22.3 Å². The van der Waals surface area contributed by atoms with Crippen molar-refractivity contribution >= 4 is 44.2 Å². The molecule has 0 fully saturated rings. The fraction of sp³-hybridized carbons (Fsp3) is 0.0909. The number of fused-ring (bicyclic) bond motifs is 1. The lowest BCUT2D eigenvalue weighted by Crippen LogP contribution is -2.14. The van der Waals surface area contributed by atoms with E-state index >= 15 is 0 Å². The molecule has 3 aromatic carbocycles. The molecule has 0 aliphatic heterocycles. The van der Waals surface area contributed by atoms with Gasteiger partial charge in [0.25, 0.3) is 0 Å². The van der Waals surface area contributed by atoms with Crippen molar-refractivity contribution in [1.82, 2.24) is 9.97 Å². The Balaban J connectivity index is 1.98. The number of aromatic nitrogens is 2. The summed E-state index contributed by atoms with van der Waals surface area (Å²) in [6, 6.07) is 16.9. The molecule has 1 aromatic heterocycles. The Hall–Kier alpha value is -3.40.